The quantitative estimate of drug-likeness (QED) is 0.563. The number of rotatable bonds is 2. The van der Waals surface area contributed by atoms with Gasteiger partial charge in [-0.05, 0) is 26.7 Å². The second-order valence-electron chi connectivity index (χ2n) is 1.34. The Morgan fingerprint density at radius 2 is 2.33 bits per heavy atom. The molecule has 9 heavy (non-hydrogen) atoms. The Bertz CT molecular complexity index is 131. The van der Waals surface area contributed by atoms with Crippen molar-refractivity contribution in [3.05, 3.63) is 7.66 Å². The molecular formula is C5H6I2O2. The molecule has 2 nitrogen and oxygen atoms in total. The van der Waals surface area contributed by atoms with E-state index in [0.29, 0.717) is 6.61 Å². The molecule has 0 rings (SSSR count). The van der Waals surface area contributed by atoms with Crippen LogP contribution in [0.2, 0.25) is 0 Å². The second-order valence-corrected chi connectivity index (χ2v) is 3.34. The van der Waals surface area contributed by atoms with Gasteiger partial charge in [0.15, 0.2) is 0 Å². The summed E-state index contributed by atoms with van der Waals surface area (Å²) < 4.78 is 7.58. The normalized spacial score (nSPS) is 11.2. The summed E-state index contributed by atoms with van der Waals surface area (Å²) in [5.74, 6) is -0.234. The molecule has 4 heteroatoms. The van der Waals surface area contributed by atoms with Gasteiger partial charge in [-0.15, -0.1) is 0 Å². The van der Waals surface area contributed by atoms with E-state index < -0.39 is 0 Å². The Balaban J connectivity index is 3.39. The van der Waals surface area contributed by atoms with E-state index in [1.807, 2.05) is 4.08 Å². The zero-order valence-corrected chi connectivity index (χ0v) is 9.17. The summed E-state index contributed by atoms with van der Waals surface area (Å²) in [5, 5.41) is 0. The lowest BCUT2D eigenvalue weighted by atomic mass is 10.7. The first-order valence-electron chi connectivity index (χ1n) is 2.25. The molecule has 0 aromatic carbocycles. The SMILES string of the molecule is CC(=O)OC/C(I)=C\I. The van der Waals surface area contributed by atoms with Crippen molar-refractivity contribution >= 4 is 51.2 Å². The van der Waals surface area contributed by atoms with Gasteiger partial charge in [0.2, 0.25) is 0 Å². The first-order chi connectivity index (χ1) is 4.16. The first-order valence-corrected chi connectivity index (χ1v) is 4.57. The van der Waals surface area contributed by atoms with Crippen LogP contribution >= 0.6 is 45.2 Å². The van der Waals surface area contributed by atoms with Crippen LogP contribution in [-0.2, 0) is 9.53 Å². The average molecular weight is 352 g/mol. The molecule has 0 amide bonds. The predicted molar refractivity (Wildman–Crippen MR) is 52.8 cm³/mol. The molecule has 0 saturated heterocycles. The van der Waals surface area contributed by atoms with Crippen LogP contribution in [-0.4, -0.2) is 12.6 Å². The van der Waals surface area contributed by atoms with Gasteiger partial charge in [0.25, 0.3) is 0 Å². The number of halogens is 2. The average Bonchev–Trinajstić information content (AvgIpc) is 1.83. The molecule has 0 radical (unpaired) electrons. The molecule has 0 N–H and O–H groups in total. The molecule has 0 bridgehead atoms. The fraction of sp³-hybridized carbons (Fsp3) is 0.400. The van der Waals surface area contributed by atoms with Gasteiger partial charge in [-0.25, -0.2) is 0 Å². The van der Waals surface area contributed by atoms with Crippen LogP contribution in [0, 0.1) is 0 Å². The monoisotopic (exact) mass is 352 g/mol. The van der Waals surface area contributed by atoms with Gasteiger partial charge < -0.3 is 4.74 Å². The predicted octanol–water partition coefficient (Wildman–Crippen LogP) is 2.26. The summed E-state index contributed by atoms with van der Waals surface area (Å²) >= 11 is 4.21. The molecule has 0 aliphatic carbocycles. The maximum absolute atomic E-state index is 10.2. The van der Waals surface area contributed by atoms with Crippen LogP contribution in [0.25, 0.3) is 0 Å². The lowest BCUT2D eigenvalue weighted by molar-refractivity contribution is -0.139. The Kier molecular flexibility index (Phi) is 5.86. The third-order valence-corrected chi connectivity index (χ3v) is 3.10. The Morgan fingerprint density at radius 3 is 2.67 bits per heavy atom. The van der Waals surface area contributed by atoms with E-state index in [1.54, 1.807) is 0 Å². The summed E-state index contributed by atoms with van der Waals surface area (Å²) in [6, 6.07) is 0. The maximum atomic E-state index is 10.2. The van der Waals surface area contributed by atoms with Crippen LogP contribution < -0.4 is 0 Å². The number of carbonyl (C=O) groups excluding carboxylic acids is 1. The fourth-order valence-corrected chi connectivity index (χ4v) is 0.538. The number of hydrogen-bond acceptors (Lipinski definition) is 2. The van der Waals surface area contributed by atoms with E-state index >= 15 is 0 Å². The number of hydrogen-bond donors (Lipinski definition) is 0. The molecule has 0 aromatic rings. The molecule has 0 atom stereocenters. The standard InChI is InChI=1S/C5H6I2O2/c1-4(8)9-3-5(7)2-6/h2H,3H2,1H3/b5-2+. The summed E-state index contributed by atoms with van der Waals surface area (Å²) in [6.45, 7) is 1.80. The van der Waals surface area contributed by atoms with E-state index in [2.05, 4.69) is 49.9 Å². The van der Waals surface area contributed by atoms with Gasteiger partial charge in [-0.2, -0.15) is 0 Å². The molecule has 0 aliphatic heterocycles. The molecule has 0 heterocycles. The van der Waals surface area contributed by atoms with Gasteiger partial charge in [0.05, 0.1) is 0 Å². The van der Waals surface area contributed by atoms with Crippen molar-refractivity contribution < 1.29 is 9.53 Å². The van der Waals surface area contributed by atoms with Crippen molar-refractivity contribution in [2.24, 2.45) is 0 Å². The van der Waals surface area contributed by atoms with Crippen LogP contribution in [0.4, 0.5) is 0 Å². The van der Waals surface area contributed by atoms with Crippen molar-refractivity contribution in [1.82, 2.24) is 0 Å². The van der Waals surface area contributed by atoms with E-state index in [0.717, 1.165) is 3.58 Å². The molecule has 0 fully saturated rings. The highest BCUT2D eigenvalue weighted by Gasteiger charge is 1.92. The Morgan fingerprint density at radius 1 is 1.78 bits per heavy atom. The first kappa shape index (κ1) is 9.67. The van der Waals surface area contributed by atoms with E-state index in [9.17, 15) is 4.79 Å². The minimum atomic E-state index is -0.234. The van der Waals surface area contributed by atoms with Crippen LogP contribution in [0.3, 0.4) is 0 Å². The third kappa shape index (κ3) is 6.56. The minimum Gasteiger partial charge on any atom is -0.461 e. The highest BCUT2D eigenvalue weighted by molar-refractivity contribution is 14.1. The molecule has 0 aromatic heterocycles. The number of esters is 1. The number of carbonyl (C=O) groups is 1. The molecule has 0 unspecified atom stereocenters. The van der Waals surface area contributed by atoms with Crippen molar-refractivity contribution in [2.75, 3.05) is 6.61 Å². The maximum Gasteiger partial charge on any atom is 0.302 e. The fourth-order valence-electron chi connectivity index (χ4n) is 0.202. The highest BCUT2D eigenvalue weighted by Crippen LogP contribution is 2.08. The Labute approximate surface area is 81.3 Å². The largest absolute Gasteiger partial charge is 0.461 e. The van der Waals surface area contributed by atoms with E-state index in [1.165, 1.54) is 6.92 Å². The summed E-state index contributed by atoms with van der Waals surface area (Å²) in [4.78, 5) is 10.2. The topological polar surface area (TPSA) is 26.3 Å². The molecule has 0 spiro atoms. The summed E-state index contributed by atoms with van der Waals surface area (Å²) in [7, 11) is 0. The lowest BCUT2D eigenvalue weighted by Crippen LogP contribution is -1.99. The van der Waals surface area contributed by atoms with Gasteiger partial charge in [0, 0.05) is 10.5 Å². The van der Waals surface area contributed by atoms with Crippen molar-refractivity contribution in [3.8, 4) is 0 Å². The van der Waals surface area contributed by atoms with Crippen LogP contribution in [0.15, 0.2) is 7.66 Å². The minimum absolute atomic E-state index is 0.234. The van der Waals surface area contributed by atoms with E-state index in [-0.39, 0.29) is 5.97 Å². The molecule has 0 saturated carbocycles. The molecular weight excluding hydrogens is 346 g/mol. The lowest BCUT2D eigenvalue weighted by Gasteiger charge is -1.97. The van der Waals surface area contributed by atoms with Crippen molar-refractivity contribution in [3.63, 3.8) is 0 Å². The van der Waals surface area contributed by atoms with Crippen molar-refractivity contribution in [1.29, 1.82) is 0 Å². The van der Waals surface area contributed by atoms with E-state index in [4.69, 9.17) is 0 Å². The van der Waals surface area contributed by atoms with Gasteiger partial charge in [-0.1, -0.05) is 22.6 Å². The van der Waals surface area contributed by atoms with Crippen molar-refractivity contribution in [2.45, 2.75) is 6.92 Å². The van der Waals surface area contributed by atoms with Gasteiger partial charge in [-0.3, -0.25) is 4.79 Å². The van der Waals surface area contributed by atoms with Crippen LogP contribution in [0.1, 0.15) is 6.92 Å². The third-order valence-electron chi connectivity index (χ3n) is 0.532. The Hall–Kier alpha value is 0.670. The number of ether oxygens (including phenoxy) is 1. The van der Waals surface area contributed by atoms with Gasteiger partial charge >= 0.3 is 5.97 Å². The molecule has 0 aliphatic rings. The van der Waals surface area contributed by atoms with Gasteiger partial charge in [0.1, 0.15) is 6.61 Å². The smallest absolute Gasteiger partial charge is 0.302 e. The highest BCUT2D eigenvalue weighted by atomic mass is 127. The zero-order valence-electron chi connectivity index (χ0n) is 4.86. The summed E-state index contributed by atoms with van der Waals surface area (Å²) in [5.41, 5.74) is 0. The second kappa shape index (κ2) is 5.45. The van der Waals surface area contributed by atoms with Crippen LogP contribution in [0.5, 0.6) is 0 Å². The summed E-state index contributed by atoms with van der Waals surface area (Å²) in [6.07, 6.45) is 0. The molecule has 52 valence electrons. The zero-order chi connectivity index (χ0) is 7.28.